The van der Waals surface area contributed by atoms with Crippen LogP contribution in [0.25, 0.3) is 11.0 Å². The van der Waals surface area contributed by atoms with Crippen molar-refractivity contribution in [2.45, 2.75) is 51.6 Å². The van der Waals surface area contributed by atoms with Gasteiger partial charge in [-0.25, -0.2) is 4.98 Å². The summed E-state index contributed by atoms with van der Waals surface area (Å²) >= 11 is 0. The molecule has 0 radical (unpaired) electrons. The van der Waals surface area contributed by atoms with E-state index in [2.05, 4.69) is 32.6 Å². The van der Waals surface area contributed by atoms with Crippen LogP contribution in [0.2, 0.25) is 0 Å². The van der Waals surface area contributed by atoms with Crippen molar-refractivity contribution in [3.8, 4) is 11.5 Å². The molecule has 13 nitrogen and oxygen atoms in total. The Balaban J connectivity index is 1.74. The molecule has 0 saturated heterocycles. The number of fused-ring (bicyclic) bond motifs is 1. The smallest absolute Gasteiger partial charge is 0.490 e. The fourth-order valence-electron chi connectivity index (χ4n) is 4.80. The first-order valence-corrected chi connectivity index (χ1v) is 13.6. The third kappa shape index (κ3) is 7.07. The summed E-state index contributed by atoms with van der Waals surface area (Å²) in [6, 6.07) is 7.08. The molecule has 42 heavy (non-hydrogen) atoms. The van der Waals surface area contributed by atoms with Gasteiger partial charge in [-0.3, -0.25) is 14.5 Å². The van der Waals surface area contributed by atoms with E-state index in [-0.39, 0.29) is 5.46 Å². The number of hydrogen-bond donors (Lipinski definition) is 5. The number of nitrogens with zero attached hydrogens (tertiary/aromatic N) is 5. The number of carbonyl (C=O) groups is 1. The molecule has 1 amide bonds. The van der Waals surface area contributed by atoms with Crippen molar-refractivity contribution in [3.63, 3.8) is 0 Å². The molecule has 14 heteroatoms. The second-order valence-corrected chi connectivity index (χ2v) is 10.4. The lowest BCUT2D eigenvalue weighted by molar-refractivity contribution is 0.0999. The monoisotopic (exact) mass is 576 g/mol. The molecule has 0 aliphatic rings. The maximum Gasteiger partial charge on any atom is 0.490 e. The molecule has 4 rings (SSSR count). The van der Waals surface area contributed by atoms with Crippen molar-refractivity contribution >= 4 is 41.3 Å². The van der Waals surface area contributed by atoms with Gasteiger partial charge in [-0.05, 0) is 31.5 Å². The fourth-order valence-corrected chi connectivity index (χ4v) is 4.80. The van der Waals surface area contributed by atoms with Crippen molar-refractivity contribution in [2.24, 2.45) is 12.8 Å². The molecule has 0 unspecified atom stereocenters. The molecule has 222 valence electrons. The van der Waals surface area contributed by atoms with E-state index in [1.165, 1.54) is 6.20 Å². The maximum atomic E-state index is 12.1. The Kier molecular flexibility index (Phi) is 9.48. The standard InChI is InChI=1S/C28H37BN8O5/c1-6-7-10-28(2,13-22-20(25(30)38)16-37(3)36-22)35-26-24-21(11-18(15-31-24)29(39)40)33-27(34-26)32-14-17-8-9-19(41-4)12-23(17)42-5/h8-9,11-12,15-16,39-40H,6-7,10,13-14H2,1-5H3,(H2,30,38)(H2,32,33,34,35)/t28-/m1/s1. The number of nitrogens with one attached hydrogen (secondary N) is 2. The molecule has 0 saturated carbocycles. The number of anilines is 2. The largest absolute Gasteiger partial charge is 0.497 e. The molecule has 6 N–H and O–H groups in total. The van der Waals surface area contributed by atoms with Crippen molar-refractivity contribution in [2.75, 3.05) is 24.9 Å². The number of unbranched alkanes of at least 4 members (excludes halogenated alkanes) is 1. The van der Waals surface area contributed by atoms with Gasteiger partial charge in [-0.1, -0.05) is 19.8 Å². The fraction of sp³-hybridized carbons (Fsp3) is 0.393. The van der Waals surface area contributed by atoms with Gasteiger partial charge in [0.2, 0.25) is 5.95 Å². The van der Waals surface area contributed by atoms with Gasteiger partial charge in [0, 0.05) is 55.0 Å². The molecule has 0 fully saturated rings. The highest BCUT2D eigenvalue weighted by Gasteiger charge is 2.30. The molecule has 0 aliphatic heterocycles. The molecule has 1 aromatic carbocycles. The first kappa shape index (κ1) is 30.5. The van der Waals surface area contributed by atoms with Crippen molar-refractivity contribution < 1.29 is 24.3 Å². The molecule has 1 atom stereocenters. The molecular formula is C28H37BN8O5. The summed E-state index contributed by atoms with van der Waals surface area (Å²) < 4.78 is 12.4. The van der Waals surface area contributed by atoms with Crippen LogP contribution in [-0.4, -0.2) is 67.6 Å². The number of ether oxygens (including phenoxy) is 2. The zero-order valence-electron chi connectivity index (χ0n) is 24.5. The number of pyridine rings is 1. The van der Waals surface area contributed by atoms with Crippen LogP contribution in [-0.2, 0) is 20.0 Å². The van der Waals surface area contributed by atoms with Gasteiger partial charge < -0.3 is 35.9 Å². The van der Waals surface area contributed by atoms with Crippen LogP contribution in [0.5, 0.6) is 11.5 Å². The number of methoxy groups -OCH3 is 2. The molecule has 3 aromatic heterocycles. The first-order valence-electron chi connectivity index (χ1n) is 13.6. The molecular weight excluding hydrogens is 539 g/mol. The average Bonchev–Trinajstić information content (AvgIpc) is 3.34. The predicted molar refractivity (Wildman–Crippen MR) is 161 cm³/mol. The van der Waals surface area contributed by atoms with E-state index < -0.39 is 18.6 Å². The highest BCUT2D eigenvalue weighted by atomic mass is 16.5. The summed E-state index contributed by atoms with van der Waals surface area (Å²) in [7, 11) is 3.21. The lowest BCUT2D eigenvalue weighted by Gasteiger charge is -2.31. The second kappa shape index (κ2) is 13.0. The van der Waals surface area contributed by atoms with Gasteiger partial charge in [0.25, 0.3) is 5.91 Å². The van der Waals surface area contributed by atoms with Gasteiger partial charge in [-0.2, -0.15) is 10.1 Å². The number of primary amides is 1. The minimum absolute atomic E-state index is 0.197. The quantitative estimate of drug-likeness (QED) is 0.138. The van der Waals surface area contributed by atoms with Gasteiger partial charge in [0.1, 0.15) is 17.0 Å². The summed E-state index contributed by atoms with van der Waals surface area (Å²) in [6.45, 7) is 4.49. The van der Waals surface area contributed by atoms with E-state index in [1.807, 2.05) is 19.1 Å². The number of aromatic nitrogens is 5. The molecule has 0 aliphatic carbocycles. The number of hydrogen-bond acceptors (Lipinski definition) is 11. The summed E-state index contributed by atoms with van der Waals surface area (Å²) in [5.41, 5.74) is 7.91. The van der Waals surface area contributed by atoms with Crippen LogP contribution < -0.4 is 31.3 Å². The highest BCUT2D eigenvalue weighted by molar-refractivity contribution is 6.58. The minimum atomic E-state index is -1.71. The van der Waals surface area contributed by atoms with Crippen LogP contribution >= 0.6 is 0 Å². The summed E-state index contributed by atoms with van der Waals surface area (Å²) in [5.74, 6) is 1.51. The van der Waals surface area contributed by atoms with E-state index in [1.54, 1.807) is 44.3 Å². The molecule has 4 aromatic rings. The average molecular weight is 576 g/mol. The number of nitrogens with two attached hydrogens (primary N) is 1. The van der Waals surface area contributed by atoms with Gasteiger partial charge in [0.15, 0.2) is 5.82 Å². The summed E-state index contributed by atoms with van der Waals surface area (Å²) in [4.78, 5) is 26.0. The highest BCUT2D eigenvalue weighted by Crippen LogP contribution is 2.30. The number of carbonyl (C=O) groups excluding carboxylic acids is 1. The van der Waals surface area contributed by atoms with E-state index in [0.717, 1.165) is 24.8 Å². The Morgan fingerprint density at radius 1 is 1.19 bits per heavy atom. The minimum Gasteiger partial charge on any atom is -0.497 e. The Labute approximate surface area is 244 Å². The van der Waals surface area contributed by atoms with Crippen LogP contribution in [0.1, 0.15) is 54.7 Å². The lowest BCUT2D eigenvalue weighted by atomic mass is 9.81. The Morgan fingerprint density at radius 3 is 2.64 bits per heavy atom. The third-order valence-electron chi connectivity index (χ3n) is 7.02. The molecule has 3 heterocycles. The number of aryl methyl sites for hydroxylation is 1. The van der Waals surface area contributed by atoms with E-state index in [4.69, 9.17) is 20.2 Å². The van der Waals surface area contributed by atoms with Gasteiger partial charge >= 0.3 is 7.12 Å². The first-order chi connectivity index (χ1) is 20.1. The van der Waals surface area contributed by atoms with E-state index in [9.17, 15) is 14.8 Å². The van der Waals surface area contributed by atoms with E-state index in [0.29, 0.717) is 58.5 Å². The summed E-state index contributed by atoms with van der Waals surface area (Å²) in [6.07, 6.45) is 6.00. The van der Waals surface area contributed by atoms with Crippen LogP contribution in [0.4, 0.5) is 11.8 Å². The van der Waals surface area contributed by atoms with Crippen LogP contribution in [0, 0.1) is 0 Å². The summed E-state index contributed by atoms with van der Waals surface area (Å²) in [5, 5.41) is 30.8. The number of benzene rings is 1. The van der Waals surface area contributed by atoms with Crippen molar-refractivity contribution in [3.05, 3.63) is 53.5 Å². The normalized spacial score (nSPS) is 12.5. The van der Waals surface area contributed by atoms with E-state index >= 15 is 0 Å². The Hall–Kier alpha value is -4.43. The molecule has 0 bridgehead atoms. The third-order valence-corrected chi connectivity index (χ3v) is 7.02. The lowest BCUT2D eigenvalue weighted by Crippen LogP contribution is -2.39. The zero-order valence-corrected chi connectivity index (χ0v) is 24.5. The Morgan fingerprint density at radius 2 is 1.98 bits per heavy atom. The van der Waals surface area contributed by atoms with Crippen LogP contribution in [0.3, 0.4) is 0 Å². The molecule has 0 spiro atoms. The van der Waals surface area contributed by atoms with Crippen molar-refractivity contribution in [1.29, 1.82) is 0 Å². The van der Waals surface area contributed by atoms with Crippen LogP contribution in [0.15, 0.2) is 36.7 Å². The number of rotatable bonds is 14. The predicted octanol–water partition coefficient (Wildman–Crippen LogP) is 1.77. The topological polar surface area (TPSA) is 183 Å². The SMILES string of the molecule is CCCC[C@](C)(Cc1nn(C)cc1C(N)=O)Nc1nc(NCc2ccc(OC)cc2OC)nc2cc(B(O)O)cnc12. The maximum absolute atomic E-state index is 12.1. The number of amides is 1. The second-order valence-electron chi connectivity index (χ2n) is 10.4. The van der Waals surface area contributed by atoms with Gasteiger partial charge in [-0.15, -0.1) is 0 Å². The van der Waals surface area contributed by atoms with Crippen molar-refractivity contribution in [1.82, 2.24) is 24.7 Å². The van der Waals surface area contributed by atoms with Gasteiger partial charge in [0.05, 0.1) is 31.0 Å². The Bertz CT molecular complexity index is 1560. The zero-order chi connectivity index (χ0) is 30.4.